The Morgan fingerprint density at radius 3 is 2.62 bits per heavy atom. The van der Waals surface area contributed by atoms with Crippen LogP contribution in [-0.4, -0.2) is 30.4 Å². The van der Waals surface area contributed by atoms with E-state index in [2.05, 4.69) is 0 Å². The zero-order valence-corrected chi connectivity index (χ0v) is 15.1. The predicted molar refractivity (Wildman–Crippen MR) is 92.2 cm³/mol. The van der Waals surface area contributed by atoms with Crippen LogP contribution in [0.5, 0.6) is 0 Å². The molecule has 1 atom stereocenters. The Balaban J connectivity index is 1.77. The average molecular weight is 365 g/mol. The number of hydrogen-bond donors (Lipinski definition) is 0. The highest BCUT2D eigenvalue weighted by atomic mass is 19.1. The molecule has 0 bridgehead atoms. The summed E-state index contributed by atoms with van der Waals surface area (Å²) >= 11 is 0. The van der Waals surface area contributed by atoms with Crippen LogP contribution in [0.2, 0.25) is 0 Å². The number of rotatable bonds is 5. The lowest BCUT2D eigenvalue weighted by Crippen LogP contribution is -2.36. The van der Waals surface area contributed by atoms with Crippen molar-refractivity contribution < 1.29 is 23.1 Å². The molecule has 0 N–H and O–H groups in total. The van der Waals surface area contributed by atoms with Crippen LogP contribution < -0.4 is 0 Å². The molecule has 26 heavy (non-hydrogen) atoms. The average Bonchev–Trinajstić information content (AvgIpc) is 3.26. The van der Waals surface area contributed by atoms with Crippen LogP contribution in [0.1, 0.15) is 63.0 Å². The largest absolute Gasteiger partial charge is 0.469 e. The number of benzene rings is 1. The van der Waals surface area contributed by atoms with E-state index in [1.54, 1.807) is 4.90 Å². The molecule has 1 saturated carbocycles. The Morgan fingerprint density at radius 1 is 1.19 bits per heavy atom. The minimum atomic E-state index is -0.501. The summed E-state index contributed by atoms with van der Waals surface area (Å²) < 4.78 is 32.6. The molecule has 1 aliphatic carbocycles. The van der Waals surface area contributed by atoms with Crippen LogP contribution in [0.4, 0.5) is 8.78 Å². The number of ether oxygens (including phenoxy) is 1. The molecule has 1 unspecified atom stereocenters. The number of methoxy groups -OCH3 is 1. The minimum absolute atomic E-state index is 0.0815. The zero-order valence-electron chi connectivity index (χ0n) is 15.1. The molecule has 2 fully saturated rings. The lowest BCUT2D eigenvalue weighted by molar-refractivity contribution is -0.144. The highest BCUT2D eigenvalue weighted by molar-refractivity contribution is 5.79. The van der Waals surface area contributed by atoms with Crippen molar-refractivity contribution in [1.82, 2.24) is 4.90 Å². The molecule has 3 rings (SSSR count). The molecular formula is C20H25F2NO3. The van der Waals surface area contributed by atoms with Gasteiger partial charge in [0.1, 0.15) is 11.6 Å². The summed E-state index contributed by atoms with van der Waals surface area (Å²) in [4.78, 5) is 26.5. The first-order valence-electron chi connectivity index (χ1n) is 9.25. The molecule has 1 aromatic rings. The van der Waals surface area contributed by atoms with Gasteiger partial charge in [-0.2, -0.15) is 0 Å². The van der Waals surface area contributed by atoms with Gasteiger partial charge in [-0.3, -0.25) is 9.59 Å². The summed E-state index contributed by atoms with van der Waals surface area (Å²) in [5.74, 6) is -1.37. The van der Waals surface area contributed by atoms with Crippen molar-refractivity contribution in [2.75, 3.05) is 13.7 Å². The zero-order chi connectivity index (χ0) is 18.7. The van der Waals surface area contributed by atoms with E-state index in [1.807, 2.05) is 0 Å². The summed E-state index contributed by atoms with van der Waals surface area (Å²) in [6.07, 6.45) is 5.50. The van der Waals surface area contributed by atoms with Crippen molar-refractivity contribution in [1.29, 1.82) is 0 Å². The van der Waals surface area contributed by atoms with Crippen LogP contribution in [0.25, 0.3) is 0 Å². The third-order valence-corrected chi connectivity index (χ3v) is 5.83. The number of carbonyl (C=O) groups excluding carboxylic acids is 2. The topological polar surface area (TPSA) is 46.6 Å². The van der Waals surface area contributed by atoms with Crippen LogP contribution in [0.15, 0.2) is 18.2 Å². The minimum Gasteiger partial charge on any atom is -0.469 e. The lowest BCUT2D eigenvalue weighted by atomic mass is 9.79. The Hall–Kier alpha value is -1.98. The monoisotopic (exact) mass is 365 g/mol. The molecule has 1 amide bonds. The smallest absolute Gasteiger partial charge is 0.306 e. The van der Waals surface area contributed by atoms with E-state index in [-0.39, 0.29) is 35.7 Å². The first-order valence-corrected chi connectivity index (χ1v) is 9.25. The van der Waals surface area contributed by atoms with Gasteiger partial charge in [0.15, 0.2) is 0 Å². The molecule has 142 valence electrons. The van der Waals surface area contributed by atoms with Crippen molar-refractivity contribution in [2.24, 2.45) is 5.41 Å². The molecular weight excluding hydrogens is 340 g/mol. The number of esters is 1. The van der Waals surface area contributed by atoms with Crippen LogP contribution in [0.3, 0.4) is 0 Å². The molecule has 2 aliphatic rings. The summed E-state index contributed by atoms with van der Waals surface area (Å²) in [5.41, 5.74) is -0.123. The predicted octanol–water partition coefficient (Wildman–Crippen LogP) is 4.14. The number of amides is 1. The molecule has 4 nitrogen and oxygen atoms in total. The van der Waals surface area contributed by atoms with Crippen LogP contribution in [-0.2, 0) is 14.3 Å². The maximum Gasteiger partial charge on any atom is 0.306 e. The molecule has 0 radical (unpaired) electrons. The SMILES string of the molecule is COC(=O)CC1(CC(=O)N2CCCC2c2cc(F)ccc2F)CCCC1. The van der Waals surface area contributed by atoms with Crippen molar-refractivity contribution in [3.63, 3.8) is 0 Å². The third kappa shape index (κ3) is 3.89. The second kappa shape index (κ2) is 7.72. The van der Waals surface area contributed by atoms with Crippen LogP contribution >= 0.6 is 0 Å². The van der Waals surface area contributed by atoms with Crippen molar-refractivity contribution in [3.8, 4) is 0 Å². The van der Waals surface area contributed by atoms with Crippen molar-refractivity contribution in [2.45, 2.75) is 57.4 Å². The second-order valence-corrected chi connectivity index (χ2v) is 7.55. The molecule has 1 aliphatic heterocycles. The van der Waals surface area contributed by atoms with Crippen molar-refractivity contribution in [3.05, 3.63) is 35.4 Å². The fourth-order valence-corrected chi connectivity index (χ4v) is 4.50. The first kappa shape index (κ1) is 18.8. The quantitative estimate of drug-likeness (QED) is 0.737. The van der Waals surface area contributed by atoms with Gasteiger partial charge in [-0.15, -0.1) is 0 Å². The normalized spacial score (nSPS) is 21.8. The Morgan fingerprint density at radius 2 is 1.92 bits per heavy atom. The second-order valence-electron chi connectivity index (χ2n) is 7.55. The summed E-state index contributed by atoms with van der Waals surface area (Å²) in [6, 6.07) is 2.95. The van der Waals surface area contributed by atoms with Gasteiger partial charge in [0.2, 0.25) is 5.91 Å². The maximum atomic E-state index is 14.2. The van der Waals surface area contributed by atoms with Gasteiger partial charge >= 0.3 is 5.97 Å². The highest BCUT2D eigenvalue weighted by Gasteiger charge is 2.41. The van der Waals surface area contributed by atoms with Crippen molar-refractivity contribution >= 4 is 11.9 Å². The van der Waals surface area contributed by atoms with Gasteiger partial charge in [0.25, 0.3) is 0 Å². The molecule has 6 heteroatoms. The van der Waals surface area contributed by atoms with Gasteiger partial charge in [0.05, 0.1) is 19.6 Å². The van der Waals surface area contributed by atoms with E-state index >= 15 is 0 Å². The standard InChI is InChI=1S/C20H25F2NO3/c1-26-19(25)13-20(8-2-3-9-20)12-18(24)23-10-4-5-17(23)15-11-14(21)6-7-16(15)22/h6-7,11,17H,2-5,8-10,12-13H2,1H3. The van der Waals surface area contributed by atoms with E-state index in [1.165, 1.54) is 13.2 Å². The Kier molecular flexibility index (Phi) is 5.58. The molecule has 1 saturated heterocycles. The number of nitrogens with zero attached hydrogens (tertiary/aromatic N) is 1. The molecule has 0 spiro atoms. The van der Waals surface area contributed by atoms with Crippen LogP contribution in [0, 0.1) is 17.0 Å². The Bertz CT molecular complexity index is 686. The number of carbonyl (C=O) groups is 2. The van der Waals surface area contributed by atoms with E-state index in [0.717, 1.165) is 44.2 Å². The van der Waals surface area contributed by atoms with Gasteiger partial charge in [-0.05, 0) is 49.3 Å². The molecule has 1 aromatic carbocycles. The van der Waals surface area contributed by atoms with Gasteiger partial charge in [-0.1, -0.05) is 12.8 Å². The Labute approximate surface area is 152 Å². The number of likely N-dealkylation sites (tertiary alicyclic amines) is 1. The fourth-order valence-electron chi connectivity index (χ4n) is 4.50. The fraction of sp³-hybridized carbons (Fsp3) is 0.600. The van der Waals surface area contributed by atoms with E-state index in [4.69, 9.17) is 4.74 Å². The van der Waals surface area contributed by atoms with E-state index in [9.17, 15) is 18.4 Å². The molecule has 1 heterocycles. The highest BCUT2D eigenvalue weighted by Crippen LogP contribution is 2.46. The number of halogens is 2. The summed E-state index contributed by atoms with van der Waals surface area (Å²) in [6.45, 7) is 0.535. The van der Waals surface area contributed by atoms with E-state index < -0.39 is 17.7 Å². The van der Waals surface area contributed by atoms with Gasteiger partial charge in [-0.25, -0.2) is 8.78 Å². The van der Waals surface area contributed by atoms with Gasteiger partial charge < -0.3 is 9.64 Å². The summed E-state index contributed by atoms with van der Waals surface area (Å²) in [5, 5.41) is 0. The molecule has 0 aromatic heterocycles. The van der Waals surface area contributed by atoms with Gasteiger partial charge in [0, 0.05) is 18.5 Å². The van der Waals surface area contributed by atoms with E-state index in [0.29, 0.717) is 13.0 Å². The summed E-state index contributed by atoms with van der Waals surface area (Å²) in [7, 11) is 1.36. The maximum absolute atomic E-state index is 14.2. The number of hydrogen-bond acceptors (Lipinski definition) is 3. The lowest BCUT2D eigenvalue weighted by Gasteiger charge is -2.32. The first-order chi connectivity index (χ1) is 12.4. The third-order valence-electron chi connectivity index (χ3n) is 5.83.